The highest BCUT2D eigenvalue weighted by Gasteiger charge is 2.32. The summed E-state index contributed by atoms with van der Waals surface area (Å²) in [6, 6.07) is 2.52. The Morgan fingerprint density at radius 1 is 1.23 bits per heavy atom. The number of thioether (sulfide) groups is 1. The van der Waals surface area contributed by atoms with Crippen molar-refractivity contribution in [2.45, 2.75) is 49.4 Å². The average Bonchev–Trinajstić information content (AvgIpc) is 3.44. The molecule has 7 nitrogen and oxygen atoms in total. The molecule has 1 aliphatic heterocycles. The molecule has 1 heterocycles. The predicted octanol–water partition coefficient (Wildman–Crippen LogP) is 2.46. The van der Waals surface area contributed by atoms with Crippen LogP contribution in [0.25, 0.3) is 0 Å². The van der Waals surface area contributed by atoms with Crippen LogP contribution in [0.15, 0.2) is 18.2 Å². The van der Waals surface area contributed by atoms with Crippen LogP contribution in [0.5, 0.6) is 0 Å². The predicted molar refractivity (Wildman–Crippen MR) is 107 cm³/mol. The molecule has 0 spiro atoms. The summed E-state index contributed by atoms with van der Waals surface area (Å²) in [6.07, 6.45) is -2.34. The highest BCUT2D eigenvalue weighted by Crippen LogP contribution is 2.33. The minimum atomic E-state index is -4.56. The van der Waals surface area contributed by atoms with Gasteiger partial charge in [0.1, 0.15) is 5.50 Å². The zero-order valence-corrected chi connectivity index (χ0v) is 17.2. The minimum absolute atomic E-state index is 0.0211. The zero-order valence-electron chi connectivity index (χ0n) is 15.6. The lowest BCUT2D eigenvalue weighted by Gasteiger charge is -2.30. The van der Waals surface area contributed by atoms with E-state index in [9.17, 15) is 27.6 Å². The topological polar surface area (TPSA) is 99.3 Å². The quantitative estimate of drug-likeness (QED) is 0.497. The molecular formula is C18H20ClF3N4O3S. The number of halogens is 4. The van der Waals surface area contributed by atoms with E-state index in [2.05, 4.69) is 21.3 Å². The first-order valence-electron chi connectivity index (χ1n) is 9.23. The monoisotopic (exact) mass is 464 g/mol. The van der Waals surface area contributed by atoms with Crippen molar-refractivity contribution in [2.75, 3.05) is 11.1 Å². The Morgan fingerprint density at radius 2 is 1.97 bits per heavy atom. The fourth-order valence-electron chi connectivity index (χ4n) is 2.85. The second-order valence-corrected chi connectivity index (χ2v) is 8.61. The Morgan fingerprint density at radius 3 is 2.63 bits per heavy atom. The van der Waals surface area contributed by atoms with E-state index < -0.39 is 23.1 Å². The van der Waals surface area contributed by atoms with E-state index in [-0.39, 0.29) is 53.2 Å². The third kappa shape index (κ3) is 6.78. The van der Waals surface area contributed by atoms with Gasteiger partial charge >= 0.3 is 6.18 Å². The van der Waals surface area contributed by atoms with Crippen molar-refractivity contribution in [3.8, 4) is 0 Å². The summed E-state index contributed by atoms with van der Waals surface area (Å²) in [6.45, 7) is 0. The number of benzene rings is 1. The van der Waals surface area contributed by atoms with E-state index >= 15 is 0 Å². The molecule has 2 fully saturated rings. The summed E-state index contributed by atoms with van der Waals surface area (Å²) in [5.74, 6) is -1.11. The van der Waals surface area contributed by atoms with Gasteiger partial charge in [0.05, 0.1) is 22.0 Å². The van der Waals surface area contributed by atoms with Crippen LogP contribution in [0.4, 0.5) is 18.9 Å². The molecule has 4 N–H and O–H groups in total. The lowest BCUT2D eigenvalue weighted by atomic mass is 10.1. The molecule has 1 aliphatic carbocycles. The maximum atomic E-state index is 12.8. The summed E-state index contributed by atoms with van der Waals surface area (Å²) in [5.41, 5.74) is -1.68. The Bertz CT molecular complexity index is 835. The smallest absolute Gasteiger partial charge is 0.353 e. The molecule has 1 aromatic carbocycles. The van der Waals surface area contributed by atoms with E-state index in [1.54, 1.807) is 0 Å². The number of alkyl halides is 3. The highest BCUT2D eigenvalue weighted by atomic mass is 35.5. The molecule has 30 heavy (non-hydrogen) atoms. The van der Waals surface area contributed by atoms with Gasteiger partial charge in [-0.2, -0.15) is 13.2 Å². The van der Waals surface area contributed by atoms with Gasteiger partial charge in [0.25, 0.3) is 0 Å². The molecule has 1 saturated heterocycles. The van der Waals surface area contributed by atoms with Crippen molar-refractivity contribution in [2.24, 2.45) is 0 Å². The van der Waals surface area contributed by atoms with Crippen LogP contribution in [0.2, 0.25) is 5.02 Å². The maximum Gasteiger partial charge on any atom is 0.416 e. The minimum Gasteiger partial charge on any atom is -0.353 e. The number of nitrogens with one attached hydrogen (secondary N) is 4. The van der Waals surface area contributed by atoms with Gasteiger partial charge in [-0.25, -0.2) is 0 Å². The Labute approximate surface area is 179 Å². The van der Waals surface area contributed by atoms with Gasteiger partial charge in [0, 0.05) is 24.9 Å². The molecule has 2 aliphatic rings. The van der Waals surface area contributed by atoms with E-state index in [1.807, 2.05) is 0 Å². The summed E-state index contributed by atoms with van der Waals surface area (Å²) >= 11 is 6.92. The van der Waals surface area contributed by atoms with Crippen LogP contribution in [0.1, 0.15) is 31.2 Å². The van der Waals surface area contributed by atoms with Gasteiger partial charge in [-0.05, 0) is 31.0 Å². The second kappa shape index (κ2) is 9.44. The normalized spacial score (nSPS) is 21.7. The van der Waals surface area contributed by atoms with Crippen LogP contribution < -0.4 is 21.3 Å². The molecule has 12 heteroatoms. The molecule has 3 rings (SSSR count). The number of carbonyl (C=O) groups excluding carboxylic acids is 3. The van der Waals surface area contributed by atoms with Crippen molar-refractivity contribution in [3.05, 3.63) is 28.8 Å². The van der Waals surface area contributed by atoms with E-state index in [4.69, 9.17) is 11.6 Å². The second-order valence-electron chi connectivity index (χ2n) is 7.11. The molecule has 3 amide bonds. The van der Waals surface area contributed by atoms with Crippen LogP contribution >= 0.6 is 23.4 Å². The summed E-state index contributed by atoms with van der Waals surface area (Å²) in [4.78, 5) is 36.0. The van der Waals surface area contributed by atoms with Gasteiger partial charge in [-0.3, -0.25) is 19.7 Å². The molecule has 164 valence electrons. The zero-order chi connectivity index (χ0) is 21.9. The van der Waals surface area contributed by atoms with Gasteiger partial charge in [0.2, 0.25) is 17.7 Å². The highest BCUT2D eigenvalue weighted by molar-refractivity contribution is 8.00. The Kier molecular flexibility index (Phi) is 7.14. The van der Waals surface area contributed by atoms with Crippen molar-refractivity contribution in [3.63, 3.8) is 0 Å². The van der Waals surface area contributed by atoms with Crippen LogP contribution in [0.3, 0.4) is 0 Å². The van der Waals surface area contributed by atoms with Crippen LogP contribution in [0, 0.1) is 0 Å². The molecule has 1 saturated carbocycles. The molecule has 0 bridgehead atoms. The molecule has 1 aromatic rings. The fourth-order valence-corrected chi connectivity index (χ4v) is 3.90. The van der Waals surface area contributed by atoms with Gasteiger partial charge < -0.3 is 16.0 Å². The number of hydrogen-bond donors (Lipinski definition) is 4. The van der Waals surface area contributed by atoms with E-state index in [1.165, 1.54) is 0 Å². The number of amides is 3. The van der Waals surface area contributed by atoms with Gasteiger partial charge in [0.15, 0.2) is 0 Å². The number of carbonyl (C=O) groups is 3. The molecule has 0 radical (unpaired) electrons. The van der Waals surface area contributed by atoms with Crippen molar-refractivity contribution in [1.29, 1.82) is 0 Å². The average molecular weight is 465 g/mol. The third-order valence-corrected chi connectivity index (χ3v) is 5.78. The van der Waals surface area contributed by atoms with Crippen molar-refractivity contribution >= 4 is 46.8 Å². The van der Waals surface area contributed by atoms with Crippen LogP contribution in [-0.2, 0) is 20.6 Å². The Hall–Kier alpha value is -1.98. The third-order valence-electron chi connectivity index (χ3n) is 4.43. The van der Waals surface area contributed by atoms with Gasteiger partial charge in [-0.1, -0.05) is 11.6 Å². The summed E-state index contributed by atoms with van der Waals surface area (Å²) < 4.78 is 38.5. The van der Waals surface area contributed by atoms with Crippen LogP contribution in [-0.4, -0.2) is 41.1 Å². The Balaban J connectivity index is 1.50. The standard InChI is InChI=1S/C18H20ClF3N4O3S/c19-12-4-1-9(18(20,21)22)5-13(12)25-16(29)8-30-17-24-11(7-15(28)26-17)6-14(27)23-10-2-3-10/h1,4-5,10-11,17,24H,2-3,6-8H2,(H,23,27)(H,25,29)(H,26,28). The first-order valence-corrected chi connectivity index (χ1v) is 10.7. The van der Waals surface area contributed by atoms with Crippen molar-refractivity contribution in [1.82, 2.24) is 16.0 Å². The summed E-state index contributed by atoms with van der Waals surface area (Å²) in [7, 11) is 0. The van der Waals surface area contributed by atoms with E-state index in [0.29, 0.717) is 0 Å². The number of hydrogen-bond acceptors (Lipinski definition) is 5. The van der Waals surface area contributed by atoms with Gasteiger partial charge in [-0.15, -0.1) is 11.8 Å². The first kappa shape index (κ1) is 22.7. The molecular weight excluding hydrogens is 445 g/mol. The van der Waals surface area contributed by atoms with E-state index in [0.717, 1.165) is 42.8 Å². The molecule has 2 unspecified atom stereocenters. The maximum absolute atomic E-state index is 12.8. The molecule has 2 atom stereocenters. The SMILES string of the molecule is O=C(CSC1NC(=O)CC(CC(=O)NC2CC2)N1)Nc1cc(C(F)(F)F)ccc1Cl. The number of rotatable bonds is 7. The van der Waals surface area contributed by atoms with Crippen molar-refractivity contribution < 1.29 is 27.6 Å². The lowest BCUT2D eigenvalue weighted by molar-refractivity contribution is -0.137. The lowest BCUT2D eigenvalue weighted by Crippen LogP contribution is -2.56. The summed E-state index contributed by atoms with van der Waals surface area (Å²) in [5, 5.41) is 10.9. The largest absolute Gasteiger partial charge is 0.416 e. The fraction of sp³-hybridized carbons (Fsp3) is 0.500. The number of anilines is 1. The first-order chi connectivity index (χ1) is 14.1. The molecule has 0 aromatic heterocycles.